The van der Waals surface area contributed by atoms with Gasteiger partial charge in [0.15, 0.2) is 10.8 Å². The third-order valence-electron chi connectivity index (χ3n) is 5.58. The molecule has 4 rings (SSSR count). The van der Waals surface area contributed by atoms with E-state index in [1.807, 2.05) is 32.0 Å². The van der Waals surface area contributed by atoms with Crippen LogP contribution in [0, 0.1) is 27.7 Å². The molecule has 4 aromatic rings. The van der Waals surface area contributed by atoms with Gasteiger partial charge in [-0.15, -0.1) is 16.4 Å². The predicted molar refractivity (Wildman–Crippen MR) is 125 cm³/mol. The first-order chi connectivity index (χ1) is 16.0. The number of nitrogens with one attached hydrogen (secondary N) is 1. The molecule has 2 aromatic heterocycles. The molecule has 0 atom stereocenters. The average molecular weight is 486 g/mol. The predicted octanol–water partition coefficient (Wildman–Crippen LogP) is 5.82. The summed E-state index contributed by atoms with van der Waals surface area (Å²) >= 11 is 1.22. The standard InChI is InChI=1S/C24H22F3N5OS/c1-13-8-9-19(10-14(13)2)32-16(4)21(30-31-32)22(33)29-23-28-15(3)20(34-23)12-17-6-5-7-18(11-17)24(25,26)27/h5-11H,12H2,1-4H3,(H,28,29,33). The molecule has 0 aliphatic heterocycles. The Balaban J connectivity index is 1.51. The molecule has 0 bridgehead atoms. The molecule has 1 amide bonds. The fourth-order valence-electron chi connectivity index (χ4n) is 3.49. The Bertz CT molecular complexity index is 1370. The summed E-state index contributed by atoms with van der Waals surface area (Å²) in [6, 6.07) is 11.1. The van der Waals surface area contributed by atoms with Crippen LogP contribution in [-0.2, 0) is 12.6 Å². The van der Waals surface area contributed by atoms with Crippen molar-refractivity contribution in [3.05, 3.63) is 86.7 Å². The van der Waals surface area contributed by atoms with Gasteiger partial charge in [0.25, 0.3) is 5.91 Å². The maximum Gasteiger partial charge on any atom is 0.416 e. The number of hydrogen-bond acceptors (Lipinski definition) is 5. The van der Waals surface area contributed by atoms with Crippen molar-refractivity contribution in [3.63, 3.8) is 0 Å². The maximum atomic E-state index is 13.0. The second-order valence-corrected chi connectivity index (χ2v) is 9.14. The number of halogens is 3. The smallest absolute Gasteiger partial charge is 0.296 e. The van der Waals surface area contributed by atoms with Crippen molar-refractivity contribution in [3.8, 4) is 5.69 Å². The van der Waals surface area contributed by atoms with Crippen LogP contribution in [-0.4, -0.2) is 25.9 Å². The number of aromatic nitrogens is 4. The minimum Gasteiger partial charge on any atom is -0.296 e. The summed E-state index contributed by atoms with van der Waals surface area (Å²) in [6.45, 7) is 7.54. The normalized spacial score (nSPS) is 11.6. The van der Waals surface area contributed by atoms with E-state index >= 15 is 0 Å². The second-order valence-electron chi connectivity index (χ2n) is 8.06. The van der Waals surface area contributed by atoms with Crippen LogP contribution in [0.3, 0.4) is 0 Å². The molecule has 6 nitrogen and oxygen atoms in total. The number of benzene rings is 2. The highest BCUT2D eigenvalue weighted by Crippen LogP contribution is 2.31. The monoisotopic (exact) mass is 485 g/mol. The highest BCUT2D eigenvalue weighted by Gasteiger charge is 2.30. The van der Waals surface area contributed by atoms with Gasteiger partial charge < -0.3 is 0 Å². The van der Waals surface area contributed by atoms with E-state index in [1.54, 1.807) is 24.6 Å². The number of carbonyl (C=O) groups excluding carboxylic acids is 1. The molecule has 2 aromatic carbocycles. The molecule has 0 unspecified atom stereocenters. The lowest BCUT2D eigenvalue weighted by Crippen LogP contribution is -2.14. The van der Waals surface area contributed by atoms with Crippen molar-refractivity contribution in [2.45, 2.75) is 40.3 Å². The zero-order valence-electron chi connectivity index (χ0n) is 19.0. The Labute approximate surface area is 198 Å². The largest absolute Gasteiger partial charge is 0.416 e. The van der Waals surface area contributed by atoms with Crippen molar-refractivity contribution >= 4 is 22.4 Å². The molecule has 10 heteroatoms. The summed E-state index contributed by atoms with van der Waals surface area (Å²) in [7, 11) is 0. The lowest BCUT2D eigenvalue weighted by molar-refractivity contribution is -0.137. The number of thiazole rings is 1. The molecule has 0 saturated carbocycles. The number of alkyl halides is 3. The molecule has 0 radical (unpaired) electrons. The van der Waals surface area contributed by atoms with Crippen molar-refractivity contribution in [1.29, 1.82) is 0 Å². The minimum atomic E-state index is -4.40. The third-order valence-corrected chi connectivity index (χ3v) is 6.65. The van der Waals surface area contributed by atoms with Crippen LogP contribution in [0.5, 0.6) is 0 Å². The van der Waals surface area contributed by atoms with E-state index in [2.05, 4.69) is 20.6 Å². The zero-order valence-corrected chi connectivity index (χ0v) is 19.8. The highest BCUT2D eigenvalue weighted by molar-refractivity contribution is 7.15. The lowest BCUT2D eigenvalue weighted by atomic mass is 10.1. The van der Waals surface area contributed by atoms with E-state index in [-0.39, 0.29) is 12.1 Å². The van der Waals surface area contributed by atoms with E-state index in [9.17, 15) is 18.0 Å². The minimum absolute atomic E-state index is 0.172. The van der Waals surface area contributed by atoms with Crippen molar-refractivity contribution in [1.82, 2.24) is 20.0 Å². The quantitative estimate of drug-likeness (QED) is 0.387. The zero-order chi connectivity index (χ0) is 24.6. The van der Waals surface area contributed by atoms with Crippen LogP contribution in [0.4, 0.5) is 18.3 Å². The maximum absolute atomic E-state index is 13.0. The number of carbonyl (C=O) groups is 1. The molecular weight excluding hydrogens is 463 g/mol. The lowest BCUT2D eigenvalue weighted by Gasteiger charge is -2.08. The van der Waals surface area contributed by atoms with Gasteiger partial charge in [0.1, 0.15) is 0 Å². The van der Waals surface area contributed by atoms with Gasteiger partial charge in [-0.3, -0.25) is 10.1 Å². The fraction of sp³-hybridized carbons (Fsp3) is 0.250. The fourth-order valence-corrected chi connectivity index (χ4v) is 4.48. The molecular formula is C24H22F3N5OS. The Morgan fingerprint density at radius 1 is 1.06 bits per heavy atom. The van der Waals surface area contributed by atoms with Gasteiger partial charge in [0, 0.05) is 11.3 Å². The molecule has 0 fully saturated rings. The summed E-state index contributed by atoms with van der Waals surface area (Å²) in [4.78, 5) is 18.0. The molecule has 0 aliphatic rings. The van der Waals surface area contributed by atoms with E-state index in [0.717, 1.165) is 33.8 Å². The highest BCUT2D eigenvalue weighted by atomic mass is 32.1. The van der Waals surface area contributed by atoms with Gasteiger partial charge in [-0.2, -0.15) is 13.2 Å². The SMILES string of the molecule is Cc1ccc(-n2nnc(C(=O)Nc3nc(C)c(Cc4cccc(C(F)(F)F)c4)s3)c2C)cc1C. The van der Waals surface area contributed by atoms with Crippen molar-refractivity contribution < 1.29 is 18.0 Å². The van der Waals surface area contributed by atoms with Gasteiger partial charge in [-0.25, -0.2) is 9.67 Å². The Morgan fingerprint density at radius 3 is 2.53 bits per heavy atom. The third kappa shape index (κ3) is 4.86. The van der Waals surface area contributed by atoms with Gasteiger partial charge in [-0.05, 0) is 62.6 Å². The number of rotatable bonds is 5. The molecule has 34 heavy (non-hydrogen) atoms. The van der Waals surface area contributed by atoms with Crippen LogP contribution in [0.15, 0.2) is 42.5 Å². The second kappa shape index (κ2) is 9.02. The van der Waals surface area contributed by atoms with Crippen molar-refractivity contribution in [2.24, 2.45) is 0 Å². The molecule has 2 heterocycles. The van der Waals surface area contributed by atoms with E-state index in [1.165, 1.54) is 17.4 Å². The number of anilines is 1. The molecule has 0 spiro atoms. The first-order valence-electron chi connectivity index (χ1n) is 10.5. The summed E-state index contributed by atoms with van der Waals surface area (Å²) < 4.78 is 40.6. The first-order valence-corrected chi connectivity index (χ1v) is 11.3. The van der Waals surface area contributed by atoms with Crippen LogP contribution in [0.25, 0.3) is 5.69 Å². The average Bonchev–Trinajstić information content (AvgIpc) is 3.31. The molecule has 0 aliphatic carbocycles. The summed E-state index contributed by atoms with van der Waals surface area (Å²) in [6.07, 6.45) is -4.12. The molecule has 1 N–H and O–H groups in total. The van der Waals surface area contributed by atoms with Gasteiger partial charge >= 0.3 is 6.18 Å². The van der Waals surface area contributed by atoms with Crippen LogP contribution >= 0.6 is 11.3 Å². The molecule has 0 saturated heterocycles. The first kappa shape index (κ1) is 23.6. The van der Waals surface area contributed by atoms with Crippen LogP contribution in [0.1, 0.15) is 49.0 Å². The number of nitrogens with zero attached hydrogens (tertiary/aromatic N) is 4. The number of hydrogen-bond donors (Lipinski definition) is 1. The van der Waals surface area contributed by atoms with Gasteiger partial charge in [-0.1, -0.05) is 29.5 Å². The Hall–Kier alpha value is -3.53. The van der Waals surface area contributed by atoms with E-state index < -0.39 is 17.6 Å². The Kier molecular flexibility index (Phi) is 6.26. The summed E-state index contributed by atoms with van der Waals surface area (Å²) in [5, 5.41) is 11.3. The number of aryl methyl sites for hydroxylation is 3. The van der Waals surface area contributed by atoms with E-state index in [0.29, 0.717) is 22.1 Å². The Morgan fingerprint density at radius 2 is 1.82 bits per heavy atom. The van der Waals surface area contributed by atoms with Gasteiger partial charge in [0.2, 0.25) is 0 Å². The summed E-state index contributed by atoms with van der Waals surface area (Å²) in [5.74, 6) is -0.452. The van der Waals surface area contributed by atoms with Crippen molar-refractivity contribution in [2.75, 3.05) is 5.32 Å². The van der Waals surface area contributed by atoms with Crippen LogP contribution in [0.2, 0.25) is 0 Å². The topological polar surface area (TPSA) is 72.7 Å². The summed E-state index contributed by atoms with van der Waals surface area (Å²) in [5.41, 5.74) is 4.29. The van der Waals surface area contributed by atoms with E-state index in [4.69, 9.17) is 0 Å². The molecule has 176 valence electrons. The number of amides is 1. The van der Waals surface area contributed by atoms with Gasteiger partial charge in [0.05, 0.1) is 22.6 Å². The van der Waals surface area contributed by atoms with Crippen LogP contribution < -0.4 is 5.32 Å².